The predicted octanol–water partition coefficient (Wildman–Crippen LogP) is 6.53. The van der Waals surface area contributed by atoms with Gasteiger partial charge in [-0.05, 0) is 123 Å². The van der Waals surface area contributed by atoms with Crippen LogP contribution in [0.25, 0.3) is 0 Å². The van der Waals surface area contributed by atoms with E-state index in [0.29, 0.717) is 28.9 Å². The molecule has 4 nitrogen and oxygen atoms in total. The van der Waals surface area contributed by atoms with Crippen molar-refractivity contribution in [1.82, 2.24) is 10.6 Å². The van der Waals surface area contributed by atoms with Gasteiger partial charge in [-0.25, -0.2) is 0 Å². The van der Waals surface area contributed by atoms with Crippen LogP contribution >= 0.6 is 0 Å². The zero-order valence-electron chi connectivity index (χ0n) is 25.8. The Morgan fingerprint density at radius 1 is 0.950 bits per heavy atom. The molecule has 1 aromatic rings. The summed E-state index contributed by atoms with van der Waals surface area (Å²) in [4.78, 5) is 0. The van der Waals surface area contributed by atoms with E-state index in [1.165, 1.54) is 69.8 Å². The third kappa shape index (κ3) is 4.45. The highest BCUT2D eigenvalue weighted by Gasteiger charge is 2.68. The number of fused-ring (bicyclic) bond motifs is 7. The minimum Gasteiger partial charge on any atom is -0.357 e. The van der Waals surface area contributed by atoms with Gasteiger partial charge < -0.3 is 15.8 Å². The van der Waals surface area contributed by atoms with Crippen LogP contribution in [0.15, 0.2) is 30.3 Å². The largest absolute Gasteiger partial charge is 0.357 e. The highest BCUT2D eigenvalue weighted by atomic mass is 16.5. The Kier molecular flexibility index (Phi) is 7.21. The van der Waals surface area contributed by atoms with Gasteiger partial charge in [0.25, 0.3) is 0 Å². The Hall–Kier alpha value is -0.940. The molecule has 4 aliphatic carbocycles. The molecule has 4 saturated carbocycles. The smallest absolute Gasteiger partial charge is 0.122 e. The van der Waals surface area contributed by atoms with Crippen molar-refractivity contribution in [3.8, 4) is 0 Å². The van der Waals surface area contributed by atoms with Crippen molar-refractivity contribution in [3.63, 3.8) is 0 Å². The van der Waals surface area contributed by atoms with Crippen LogP contribution in [0.5, 0.6) is 0 Å². The molecule has 2 saturated heterocycles. The molecule has 2 heterocycles. The van der Waals surface area contributed by atoms with Crippen LogP contribution in [0.3, 0.4) is 0 Å². The molecule has 13 atom stereocenters. The molecular weight excluding hydrogens is 490 g/mol. The normalized spacial score (nSPS) is 50.6. The number of hydrogen-bond donors (Lipinski definition) is 3. The van der Waals surface area contributed by atoms with Crippen LogP contribution in [-0.2, 0) is 11.2 Å². The third-order valence-electron chi connectivity index (χ3n) is 14.2. The standard InChI is InChI=1S/C36H57N3O/c1-23-12-17-36(39-21-23)24(2)33-32(40-36)20-31-29-11-10-26-19-28(38-22-27(37)18-25-8-6-5-7-9-25)13-15-34(26,3)30(29)14-16-35(31,33)4/h5-9,23-24,26-33,38-39H,10-22,37H2,1-4H3/t23-,24-,26-,27+,28?,29+,30-,31-,32-,33-,34-,35-,36-/m0/s1. The molecular formula is C36H57N3O. The summed E-state index contributed by atoms with van der Waals surface area (Å²) in [6, 6.07) is 11.6. The first-order chi connectivity index (χ1) is 19.2. The summed E-state index contributed by atoms with van der Waals surface area (Å²) in [6.07, 6.45) is 15.2. The lowest BCUT2D eigenvalue weighted by molar-refractivity contribution is -0.134. The van der Waals surface area contributed by atoms with E-state index in [2.05, 4.69) is 68.7 Å². The topological polar surface area (TPSA) is 59.3 Å². The monoisotopic (exact) mass is 547 g/mol. The minimum absolute atomic E-state index is 0.0364. The lowest BCUT2D eigenvalue weighted by Crippen LogP contribution is -2.58. The summed E-state index contributed by atoms with van der Waals surface area (Å²) in [5, 5.41) is 7.85. The van der Waals surface area contributed by atoms with Crippen molar-refractivity contribution in [2.75, 3.05) is 13.1 Å². The van der Waals surface area contributed by atoms with E-state index in [0.717, 1.165) is 55.0 Å². The van der Waals surface area contributed by atoms with Gasteiger partial charge >= 0.3 is 0 Å². The van der Waals surface area contributed by atoms with Crippen LogP contribution in [0.1, 0.15) is 97.5 Å². The fraction of sp³-hybridized carbons (Fsp3) is 0.833. The van der Waals surface area contributed by atoms with Crippen molar-refractivity contribution in [2.45, 2.75) is 122 Å². The second-order valence-electron chi connectivity index (χ2n) is 16.2. The van der Waals surface area contributed by atoms with E-state index in [1.807, 2.05) is 0 Å². The number of ether oxygens (including phenoxy) is 1. The van der Waals surface area contributed by atoms with Gasteiger partial charge in [0.05, 0.1) is 6.10 Å². The molecule has 4 heteroatoms. The van der Waals surface area contributed by atoms with Crippen molar-refractivity contribution in [1.29, 1.82) is 0 Å². The molecule has 4 N–H and O–H groups in total. The van der Waals surface area contributed by atoms with Gasteiger partial charge in [0.2, 0.25) is 0 Å². The highest BCUT2D eigenvalue weighted by molar-refractivity contribution is 5.17. The molecule has 6 fully saturated rings. The number of hydrogen-bond acceptors (Lipinski definition) is 4. The number of nitrogens with one attached hydrogen (secondary N) is 2. The molecule has 7 rings (SSSR count). The summed E-state index contributed by atoms with van der Waals surface area (Å²) in [5.74, 6) is 5.74. The van der Waals surface area contributed by atoms with E-state index in [9.17, 15) is 0 Å². The fourth-order valence-electron chi connectivity index (χ4n) is 11.9. The maximum Gasteiger partial charge on any atom is 0.122 e. The Morgan fingerprint density at radius 3 is 2.52 bits per heavy atom. The number of rotatable bonds is 5. The van der Waals surface area contributed by atoms with Gasteiger partial charge in [-0.3, -0.25) is 5.32 Å². The summed E-state index contributed by atoms with van der Waals surface area (Å²) >= 11 is 0. The lowest BCUT2D eigenvalue weighted by atomic mass is 9.44. The zero-order chi connectivity index (χ0) is 27.7. The average Bonchev–Trinajstić information content (AvgIpc) is 3.39. The van der Waals surface area contributed by atoms with Crippen molar-refractivity contribution in [2.24, 2.45) is 58.0 Å². The van der Waals surface area contributed by atoms with Gasteiger partial charge in [-0.15, -0.1) is 0 Å². The average molecular weight is 548 g/mol. The first-order valence-corrected chi connectivity index (χ1v) is 17.2. The van der Waals surface area contributed by atoms with E-state index in [1.54, 1.807) is 0 Å². The molecule has 0 amide bonds. The van der Waals surface area contributed by atoms with Crippen molar-refractivity contribution >= 4 is 0 Å². The van der Waals surface area contributed by atoms with E-state index >= 15 is 0 Å². The molecule has 1 unspecified atom stereocenters. The maximum atomic E-state index is 7.11. The maximum absolute atomic E-state index is 7.11. The van der Waals surface area contributed by atoms with E-state index in [-0.39, 0.29) is 11.8 Å². The van der Waals surface area contributed by atoms with Crippen molar-refractivity contribution in [3.05, 3.63) is 35.9 Å². The number of benzene rings is 1. The molecule has 40 heavy (non-hydrogen) atoms. The molecule has 6 aliphatic rings. The Balaban J connectivity index is 0.987. The molecule has 2 aliphatic heterocycles. The quantitative estimate of drug-likeness (QED) is 0.392. The summed E-state index contributed by atoms with van der Waals surface area (Å²) in [6.45, 7) is 12.4. The lowest BCUT2D eigenvalue weighted by Gasteiger charge is -2.61. The Bertz CT molecular complexity index is 1040. The first-order valence-electron chi connectivity index (χ1n) is 17.2. The van der Waals surface area contributed by atoms with E-state index < -0.39 is 0 Å². The molecule has 1 spiro atoms. The second kappa shape index (κ2) is 10.4. The highest BCUT2D eigenvalue weighted by Crippen LogP contribution is 2.71. The molecule has 0 bridgehead atoms. The Labute approximate surface area is 244 Å². The number of nitrogens with two attached hydrogens (primary N) is 1. The van der Waals surface area contributed by atoms with Crippen LogP contribution < -0.4 is 16.4 Å². The summed E-state index contributed by atoms with van der Waals surface area (Å²) < 4.78 is 7.11. The molecule has 222 valence electrons. The number of piperidine rings is 1. The fourth-order valence-corrected chi connectivity index (χ4v) is 11.9. The van der Waals surface area contributed by atoms with E-state index in [4.69, 9.17) is 10.5 Å². The van der Waals surface area contributed by atoms with Crippen LogP contribution in [0, 0.1) is 52.3 Å². The van der Waals surface area contributed by atoms with Crippen LogP contribution in [-0.4, -0.2) is 37.0 Å². The van der Waals surface area contributed by atoms with Crippen LogP contribution in [0.2, 0.25) is 0 Å². The van der Waals surface area contributed by atoms with Crippen LogP contribution in [0.4, 0.5) is 0 Å². The molecule has 1 aromatic carbocycles. The minimum atomic E-state index is -0.0364. The first kappa shape index (κ1) is 27.9. The van der Waals surface area contributed by atoms with Gasteiger partial charge in [0.1, 0.15) is 5.72 Å². The third-order valence-corrected chi connectivity index (χ3v) is 14.2. The van der Waals surface area contributed by atoms with Gasteiger partial charge in [0, 0.05) is 31.1 Å². The second-order valence-corrected chi connectivity index (χ2v) is 16.2. The molecule has 0 radical (unpaired) electrons. The molecule has 0 aromatic heterocycles. The summed E-state index contributed by atoms with van der Waals surface area (Å²) in [7, 11) is 0. The van der Waals surface area contributed by atoms with Crippen molar-refractivity contribution < 1.29 is 4.74 Å². The summed E-state index contributed by atoms with van der Waals surface area (Å²) in [5.41, 5.74) is 8.87. The van der Waals surface area contributed by atoms with Gasteiger partial charge in [-0.2, -0.15) is 0 Å². The zero-order valence-corrected chi connectivity index (χ0v) is 25.8. The Morgan fingerprint density at radius 2 is 1.75 bits per heavy atom. The predicted molar refractivity (Wildman–Crippen MR) is 164 cm³/mol. The SMILES string of the molecule is C[C@H]1CC[C@]2(NC1)O[C@H]1C[C@H]3[C@@H]4CC[C@H]5CC(NC[C@H](N)Cc6ccccc6)CC[C@]5(C)[C@H]4CC[C@]3(C)[C@H]1[C@@H]2C. The van der Waals surface area contributed by atoms with Gasteiger partial charge in [-0.1, -0.05) is 58.0 Å². The van der Waals surface area contributed by atoms with Gasteiger partial charge in [0.15, 0.2) is 0 Å².